The maximum Gasteiger partial charge on any atom is 0.108 e. The molecule has 0 amide bonds. The third kappa shape index (κ3) is 30.3. The molecule has 1 nitrogen and oxygen atoms in total. The van der Waals surface area contributed by atoms with Crippen molar-refractivity contribution in [2.24, 2.45) is 0 Å². The van der Waals surface area contributed by atoms with Crippen molar-refractivity contribution >= 4 is 0 Å². The summed E-state index contributed by atoms with van der Waals surface area (Å²) in [4.78, 5) is 0. The molecule has 0 aromatic rings. The number of nitrogens with zero attached hydrogens (tertiary/aromatic N) is 1. The Bertz CT molecular complexity index is 553. The van der Waals surface area contributed by atoms with E-state index in [1.165, 1.54) is 249 Å². The van der Waals surface area contributed by atoms with Crippen LogP contribution < -0.4 is 0 Å². The Hall–Kier alpha value is -0.300. The number of hydrogen-bond donors (Lipinski definition) is 0. The summed E-state index contributed by atoms with van der Waals surface area (Å²) in [5, 5.41) is 0. The van der Waals surface area contributed by atoms with Crippen LogP contribution in [-0.2, 0) is 0 Å². The van der Waals surface area contributed by atoms with Gasteiger partial charge >= 0.3 is 0 Å². The van der Waals surface area contributed by atoms with Gasteiger partial charge in [-0.3, -0.25) is 0 Å². The Morgan fingerprint density at radius 1 is 0.319 bits per heavy atom. The van der Waals surface area contributed by atoms with Crippen LogP contribution in [0.1, 0.15) is 259 Å². The van der Waals surface area contributed by atoms with E-state index >= 15 is 0 Å². The van der Waals surface area contributed by atoms with Gasteiger partial charge < -0.3 is 4.48 Å². The molecule has 0 spiro atoms. The first-order valence-electron chi connectivity index (χ1n) is 22.7. The SMILES string of the molecule is CCCCCCCCCCCCC=CC(CCCCCCC)[N+](CCCCCCCC)(CCCCCCCC)CCCCCCCC. The van der Waals surface area contributed by atoms with Gasteiger partial charge in [-0.05, 0) is 63.9 Å². The Morgan fingerprint density at radius 2 is 0.596 bits per heavy atom. The van der Waals surface area contributed by atoms with E-state index in [1.54, 1.807) is 0 Å². The lowest BCUT2D eigenvalue weighted by molar-refractivity contribution is -0.946. The Balaban J connectivity index is 5.55. The first-order chi connectivity index (χ1) is 23.2. The molecule has 0 aromatic heterocycles. The van der Waals surface area contributed by atoms with Gasteiger partial charge in [-0.15, -0.1) is 0 Å². The van der Waals surface area contributed by atoms with Crippen LogP contribution in [-0.4, -0.2) is 30.2 Å². The molecule has 1 heteroatoms. The predicted octanol–water partition coefficient (Wildman–Crippen LogP) is 16.5. The van der Waals surface area contributed by atoms with Crippen LogP contribution in [0.15, 0.2) is 12.2 Å². The smallest absolute Gasteiger partial charge is 0.108 e. The van der Waals surface area contributed by atoms with Gasteiger partial charge in [0.05, 0.1) is 19.6 Å². The standard InChI is InChI=1S/C46H94N/c1-6-11-16-21-25-26-27-28-29-30-32-37-42-46(41-36-31-20-15-10-5)47(43-38-33-22-17-12-7-2,44-39-34-23-18-13-8-3)45-40-35-24-19-14-9-4/h37,42,46H,6-36,38-41,43-45H2,1-5H3/q+1. The summed E-state index contributed by atoms with van der Waals surface area (Å²) in [5.41, 5.74) is 0. The molecule has 0 aliphatic heterocycles. The van der Waals surface area contributed by atoms with E-state index in [2.05, 4.69) is 46.8 Å². The number of allylic oxidation sites excluding steroid dienone is 1. The molecule has 0 saturated heterocycles. The molecule has 0 heterocycles. The Labute approximate surface area is 300 Å². The van der Waals surface area contributed by atoms with Crippen LogP contribution >= 0.6 is 0 Å². The summed E-state index contributed by atoms with van der Waals surface area (Å²) in [6, 6.07) is 0.752. The van der Waals surface area contributed by atoms with E-state index in [4.69, 9.17) is 0 Å². The summed E-state index contributed by atoms with van der Waals surface area (Å²) < 4.78 is 1.43. The van der Waals surface area contributed by atoms with Gasteiger partial charge in [-0.1, -0.05) is 201 Å². The molecule has 47 heavy (non-hydrogen) atoms. The molecule has 0 N–H and O–H groups in total. The largest absolute Gasteiger partial charge is 0.318 e. The molecule has 0 rings (SSSR count). The third-order valence-electron chi connectivity index (χ3n) is 11.3. The van der Waals surface area contributed by atoms with Crippen molar-refractivity contribution in [2.45, 2.75) is 265 Å². The highest BCUT2D eigenvalue weighted by Crippen LogP contribution is 2.27. The van der Waals surface area contributed by atoms with Crippen molar-refractivity contribution in [2.75, 3.05) is 19.6 Å². The summed E-state index contributed by atoms with van der Waals surface area (Å²) >= 11 is 0. The van der Waals surface area contributed by atoms with Crippen molar-refractivity contribution in [3.8, 4) is 0 Å². The molecular formula is C46H94N+. The second-order valence-electron chi connectivity index (χ2n) is 15.9. The molecule has 282 valence electrons. The fraction of sp³-hybridized carbons (Fsp3) is 0.957. The van der Waals surface area contributed by atoms with E-state index in [1.807, 2.05) is 0 Å². The molecular weight excluding hydrogens is 567 g/mol. The summed E-state index contributed by atoms with van der Waals surface area (Å²) in [6.07, 6.45) is 55.6. The minimum atomic E-state index is 0.752. The average Bonchev–Trinajstić information content (AvgIpc) is 3.08. The number of rotatable bonds is 40. The number of unbranched alkanes of at least 4 members (excludes halogenated alkanes) is 29. The molecule has 0 bridgehead atoms. The zero-order valence-corrected chi connectivity index (χ0v) is 34.0. The molecule has 0 saturated carbocycles. The summed E-state index contributed by atoms with van der Waals surface area (Å²) in [7, 11) is 0. The molecule has 0 aliphatic carbocycles. The van der Waals surface area contributed by atoms with Crippen LogP contribution in [0.3, 0.4) is 0 Å². The predicted molar refractivity (Wildman–Crippen MR) is 218 cm³/mol. The normalized spacial score (nSPS) is 12.9. The maximum atomic E-state index is 2.80. The van der Waals surface area contributed by atoms with Crippen LogP contribution in [0, 0.1) is 0 Å². The first kappa shape index (κ1) is 46.7. The van der Waals surface area contributed by atoms with Gasteiger partial charge in [-0.2, -0.15) is 0 Å². The zero-order chi connectivity index (χ0) is 34.4. The highest BCUT2D eigenvalue weighted by molar-refractivity contribution is 4.91. The number of hydrogen-bond acceptors (Lipinski definition) is 0. The van der Waals surface area contributed by atoms with Crippen molar-refractivity contribution in [3.05, 3.63) is 12.2 Å². The molecule has 0 aromatic carbocycles. The van der Waals surface area contributed by atoms with Gasteiger partial charge in [0.2, 0.25) is 0 Å². The van der Waals surface area contributed by atoms with Gasteiger partial charge in [0.1, 0.15) is 6.04 Å². The lowest BCUT2D eigenvalue weighted by Crippen LogP contribution is -2.56. The van der Waals surface area contributed by atoms with Crippen LogP contribution in [0.4, 0.5) is 0 Å². The van der Waals surface area contributed by atoms with Gasteiger partial charge in [0.15, 0.2) is 0 Å². The van der Waals surface area contributed by atoms with Crippen molar-refractivity contribution in [1.29, 1.82) is 0 Å². The fourth-order valence-corrected chi connectivity index (χ4v) is 7.97. The molecule has 1 unspecified atom stereocenters. The summed E-state index contributed by atoms with van der Waals surface area (Å²) in [5.74, 6) is 0. The average molecular weight is 661 g/mol. The van der Waals surface area contributed by atoms with Gasteiger partial charge in [0, 0.05) is 6.42 Å². The fourth-order valence-electron chi connectivity index (χ4n) is 7.97. The first-order valence-corrected chi connectivity index (χ1v) is 22.7. The van der Waals surface area contributed by atoms with E-state index in [0.29, 0.717) is 0 Å². The van der Waals surface area contributed by atoms with Crippen LogP contribution in [0.25, 0.3) is 0 Å². The lowest BCUT2D eigenvalue weighted by atomic mass is 9.97. The lowest BCUT2D eigenvalue weighted by Gasteiger charge is -2.45. The second-order valence-corrected chi connectivity index (χ2v) is 15.9. The van der Waals surface area contributed by atoms with Crippen molar-refractivity contribution in [1.82, 2.24) is 0 Å². The highest BCUT2D eigenvalue weighted by Gasteiger charge is 2.33. The summed E-state index contributed by atoms with van der Waals surface area (Å²) in [6.45, 7) is 16.1. The molecule has 1 atom stereocenters. The topological polar surface area (TPSA) is 0 Å². The minimum Gasteiger partial charge on any atom is -0.318 e. The van der Waals surface area contributed by atoms with Gasteiger partial charge in [-0.25, -0.2) is 0 Å². The van der Waals surface area contributed by atoms with E-state index in [9.17, 15) is 0 Å². The number of quaternary nitrogens is 1. The maximum absolute atomic E-state index is 2.80. The van der Waals surface area contributed by atoms with Crippen molar-refractivity contribution in [3.63, 3.8) is 0 Å². The Kier molecular flexibility index (Phi) is 38.3. The monoisotopic (exact) mass is 661 g/mol. The zero-order valence-electron chi connectivity index (χ0n) is 34.0. The van der Waals surface area contributed by atoms with E-state index in [0.717, 1.165) is 6.04 Å². The highest BCUT2D eigenvalue weighted by atomic mass is 15.4. The molecule has 0 radical (unpaired) electrons. The van der Waals surface area contributed by atoms with Gasteiger partial charge in [0.25, 0.3) is 0 Å². The quantitative estimate of drug-likeness (QED) is 0.0348. The van der Waals surface area contributed by atoms with E-state index < -0.39 is 0 Å². The van der Waals surface area contributed by atoms with Crippen LogP contribution in [0.2, 0.25) is 0 Å². The molecule has 0 aliphatic rings. The van der Waals surface area contributed by atoms with Crippen LogP contribution in [0.5, 0.6) is 0 Å². The second kappa shape index (κ2) is 38.5. The minimum absolute atomic E-state index is 0.752. The third-order valence-corrected chi connectivity index (χ3v) is 11.3. The Morgan fingerprint density at radius 3 is 0.936 bits per heavy atom. The van der Waals surface area contributed by atoms with E-state index in [-0.39, 0.29) is 0 Å². The molecule has 0 fully saturated rings. The van der Waals surface area contributed by atoms with Crippen molar-refractivity contribution < 1.29 is 4.48 Å².